The van der Waals surface area contributed by atoms with E-state index in [4.69, 9.17) is 11.6 Å². The molecule has 0 aliphatic heterocycles. The lowest BCUT2D eigenvalue weighted by molar-refractivity contribution is -0.272. The van der Waals surface area contributed by atoms with Crippen molar-refractivity contribution in [3.8, 4) is 5.88 Å². The van der Waals surface area contributed by atoms with Gasteiger partial charge in [0.15, 0.2) is 0 Å². The lowest BCUT2D eigenvalue weighted by Gasteiger charge is -2.12. The Morgan fingerprint density at radius 1 is 1.21 bits per heavy atom. The number of aryl methyl sites for hydroxylation is 2. The van der Waals surface area contributed by atoms with Gasteiger partial charge in [0.1, 0.15) is 5.82 Å². The van der Waals surface area contributed by atoms with Gasteiger partial charge in [-0.25, -0.2) is 9.97 Å². The molecule has 0 saturated carbocycles. The van der Waals surface area contributed by atoms with E-state index in [1.807, 2.05) is 6.92 Å². The number of hydrogen-bond acceptors (Lipinski definition) is 3. The van der Waals surface area contributed by atoms with Crippen molar-refractivity contribution in [2.24, 2.45) is 0 Å². The van der Waals surface area contributed by atoms with Crippen LogP contribution in [-0.4, -0.2) is 9.97 Å². The fourth-order valence-corrected chi connectivity index (χ4v) is 1.76. The molecule has 0 N–H and O–H groups in total. The van der Waals surface area contributed by atoms with E-state index in [2.05, 4.69) is 9.97 Å². The van der Waals surface area contributed by atoms with Gasteiger partial charge in [0.2, 0.25) is 0 Å². The average Bonchev–Trinajstić information content (AvgIpc) is 1.99. The Hall–Kier alpha value is -1.35. The van der Waals surface area contributed by atoms with E-state index in [1.54, 1.807) is 19.1 Å². The molecular weight excluding hydrogens is 200 g/mol. The summed E-state index contributed by atoms with van der Waals surface area (Å²) in [5, 5.41) is 12.7. The molecular formula is C10H8ClN2O-. The van der Waals surface area contributed by atoms with Gasteiger partial charge < -0.3 is 5.11 Å². The number of fused-ring (bicyclic) bond motifs is 1. The van der Waals surface area contributed by atoms with E-state index in [0.717, 1.165) is 5.56 Å². The molecule has 14 heavy (non-hydrogen) atoms. The van der Waals surface area contributed by atoms with Gasteiger partial charge in [-0.3, -0.25) is 0 Å². The molecule has 1 heterocycles. The molecule has 0 saturated heterocycles. The summed E-state index contributed by atoms with van der Waals surface area (Å²) in [5.74, 6) is 0.242. The smallest absolute Gasteiger partial charge is 0.125 e. The molecule has 1 aromatic heterocycles. The van der Waals surface area contributed by atoms with Crippen LogP contribution in [0.1, 0.15) is 11.4 Å². The largest absolute Gasteiger partial charge is 0.858 e. The summed E-state index contributed by atoms with van der Waals surface area (Å²) in [7, 11) is 0. The topological polar surface area (TPSA) is 48.8 Å². The first-order valence-corrected chi connectivity index (χ1v) is 4.57. The van der Waals surface area contributed by atoms with Gasteiger partial charge in [-0.15, -0.1) is 0 Å². The Labute approximate surface area is 86.4 Å². The quantitative estimate of drug-likeness (QED) is 0.664. The van der Waals surface area contributed by atoms with Crippen molar-refractivity contribution in [2.75, 3.05) is 0 Å². The summed E-state index contributed by atoms with van der Waals surface area (Å²) in [5.41, 5.74) is 1.44. The van der Waals surface area contributed by atoms with Gasteiger partial charge >= 0.3 is 0 Å². The number of nitrogens with zero attached hydrogens (tertiary/aromatic N) is 2. The third-order valence-electron chi connectivity index (χ3n) is 2.04. The van der Waals surface area contributed by atoms with Crippen molar-refractivity contribution < 1.29 is 5.11 Å². The molecule has 0 unspecified atom stereocenters. The van der Waals surface area contributed by atoms with Gasteiger partial charge in [-0.05, 0) is 37.4 Å². The zero-order valence-corrected chi connectivity index (χ0v) is 8.59. The van der Waals surface area contributed by atoms with Crippen LogP contribution in [0.25, 0.3) is 10.9 Å². The number of aromatic nitrogens is 2. The Morgan fingerprint density at radius 2 is 1.93 bits per heavy atom. The number of hydrogen-bond donors (Lipinski definition) is 0. The summed E-state index contributed by atoms with van der Waals surface area (Å²) in [6, 6.07) is 3.42. The first kappa shape index (κ1) is 9.21. The molecule has 0 fully saturated rings. The summed E-state index contributed by atoms with van der Waals surface area (Å²) < 4.78 is 0. The van der Waals surface area contributed by atoms with Crippen LogP contribution in [0.15, 0.2) is 12.1 Å². The van der Waals surface area contributed by atoms with E-state index in [0.29, 0.717) is 21.7 Å². The Kier molecular flexibility index (Phi) is 2.04. The molecule has 72 valence electrons. The molecule has 0 radical (unpaired) electrons. The molecule has 0 aliphatic carbocycles. The molecule has 0 spiro atoms. The summed E-state index contributed by atoms with van der Waals surface area (Å²) in [6.45, 7) is 3.52. The van der Waals surface area contributed by atoms with Crippen LogP contribution in [-0.2, 0) is 0 Å². The molecule has 1 aromatic carbocycles. The first-order valence-electron chi connectivity index (χ1n) is 4.19. The van der Waals surface area contributed by atoms with Gasteiger partial charge in [0.25, 0.3) is 0 Å². The highest BCUT2D eigenvalue weighted by Crippen LogP contribution is 2.26. The van der Waals surface area contributed by atoms with Gasteiger partial charge in [0.05, 0.1) is 5.52 Å². The van der Waals surface area contributed by atoms with E-state index in [-0.39, 0.29) is 5.88 Å². The third kappa shape index (κ3) is 1.40. The van der Waals surface area contributed by atoms with Crippen molar-refractivity contribution in [1.29, 1.82) is 0 Å². The molecule has 0 aliphatic rings. The molecule has 0 atom stereocenters. The van der Waals surface area contributed by atoms with E-state index >= 15 is 0 Å². The van der Waals surface area contributed by atoms with Crippen molar-refractivity contribution in [3.05, 3.63) is 28.5 Å². The Morgan fingerprint density at radius 3 is 2.64 bits per heavy atom. The van der Waals surface area contributed by atoms with E-state index in [9.17, 15) is 5.11 Å². The van der Waals surface area contributed by atoms with Gasteiger partial charge in [-0.2, -0.15) is 0 Å². The summed E-state index contributed by atoms with van der Waals surface area (Å²) in [6.07, 6.45) is 0. The van der Waals surface area contributed by atoms with Crippen molar-refractivity contribution in [1.82, 2.24) is 9.97 Å². The molecule has 2 aromatic rings. The zero-order valence-electron chi connectivity index (χ0n) is 7.84. The van der Waals surface area contributed by atoms with Crippen LogP contribution in [0.3, 0.4) is 0 Å². The molecule has 2 rings (SSSR count). The minimum atomic E-state index is -0.235. The minimum Gasteiger partial charge on any atom is -0.858 e. The monoisotopic (exact) mass is 207 g/mol. The Balaban J connectivity index is 2.94. The van der Waals surface area contributed by atoms with Crippen LogP contribution in [0.2, 0.25) is 5.02 Å². The minimum absolute atomic E-state index is 0.235. The normalized spacial score (nSPS) is 10.8. The second kappa shape index (κ2) is 3.10. The Bertz CT molecular complexity index is 468. The molecule has 0 amide bonds. The highest BCUT2D eigenvalue weighted by Gasteiger charge is 2.03. The van der Waals surface area contributed by atoms with Crippen LogP contribution in [0.4, 0.5) is 0 Å². The lowest BCUT2D eigenvalue weighted by atomic mass is 10.1. The first-order chi connectivity index (χ1) is 6.58. The summed E-state index contributed by atoms with van der Waals surface area (Å²) >= 11 is 5.87. The molecule has 0 bridgehead atoms. The van der Waals surface area contributed by atoms with Crippen LogP contribution in [0, 0.1) is 13.8 Å². The maximum atomic E-state index is 11.5. The molecule has 3 nitrogen and oxygen atoms in total. The van der Waals surface area contributed by atoms with Gasteiger partial charge in [-0.1, -0.05) is 11.6 Å². The second-order valence-electron chi connectivity index (χ2n) is 3.19. The SMILES string of the molecule is Cc1nc([O-])c2c(C)cc(Cl)cc2n1. The van der Waals surface area contributed by atoms with Crippen molar-refractivity contribution in [3.63, 3.8) is 0 Å². The predicted molar refractivity (Wildman–Crippen MR) is 53.5 cm³/mol. The zero-order chi connectivity index (χ0) is 10.3. The number of rotatable bonds is 0. The van der Waals surface area contributed by atoms with Gasteiger partial charge in [0, 0.05) is 10.4 Å². The van der Waals surface area contributed by atoms with E-state index < -0.39 is 0 Å². The van der Waals surface area contributed by atoms with Crippen LogP contribution < -0.4 is 5.11 Å². The standard InChI is InChI=1S/C10H9ClN2O/c1-5-3-7(11)4-8-9(5)10(14)13-6(2)12-8/h3-4H,1-2H3,(H,12,13,14)/p-1. The van der Waals surface area contributed by atoms with Crippen LogP contribution >= 0.6 is 11.6 Å². The lowest BCUT2D eigenvalue weighted by Crippen LogP contribution is -2.00. The maximum absolute atomic E-state index is 11.5. The highest BCUT2D eigenvalue weighted by molar-refractivity contribution is 6.31. The fraction of sp³-hybridized carbons (Fsp3) is 0.200. The molecule has 4 heteroatoms. The van der Waals surface area contributed by atoms with Crippen LogP contribution in [0.5, 0.6) is 5.88 Å². The van der Waals surface area contributed by atoms with E-state index in [1.165, 1.54) is 0 Å². The highest BCUT2D eigenvalue weighted by atomic mass is 35.5. The second-order valence-corrected chi connectivity index (χ2v) is 3.63. The van der Waals surface area contributed by atoms with Crippen molar-refractivity contribution >= 4 is 22.5 Å². The number of benzene rings is 1. The summed E-state index contributed by atoms with van der Waals surface area (Å²) in [4.78, 5) is 7.95. The third-order valence-corrected chi connectivity index (χ3v) is 2.26. The fourth-order valence-electron chi connectivity index (χ4n) is 1.49. The predicted octanol–water partition coefficient (Wildman–Crippen LogP) is 1.97. The van der Waals surface area contributed by atoms with Crippen molar-refractivity contribution in [2.45, 2.75) is 13.8 Å². The number of halogens is 1. The maximum Gasteiger partial charge on any atom is 0.125 e. The average molecular weight is 208 g/mol.